The van der Waals surface area contributed by atoms with Gasteiger partial charge in [0, 0.05) is 11.8 Å². The van der Waals surface area contributed by atoms with Crippen LogP contribution in [0.5, 0.6) is 5.88 Å². The molecule has 0 amide bonds. The van der Waals surface area contributed by atoms with Crippen LogP contribution in [0.15, 0.2) is 12.3 Å². The van der Waals surface area contributed by atoms with Crippen molar-refractivity contribution < 1.29 is 77.8 Å². The van der Waals surface area contributed by atoms with Crippen molar-refractivity contribution in [3.8, 4) is 5.88 Å². The second-order valence-electron chi connectivity index (χ2n) is 2.84. The molecule has 0 bridgehead atoms. The average molecular weight is 265 g/mol. The van der Waals surface area contributed by atoms with E-state index in [1.807, 2.05) is 0 Å². The Labute approximate surface area is 131 Å². The van der Waals surface area contributed by atoms with E-state index in [1.54, 1.807) is 0 Å². The van der Waals surface area contributed by atoms with Crippen molar-refractivity contribution in [3.05, 3.63) is 17.8 Å². The summed E-state index contributed by atoms with van der Waals surface area (Å²) in [7, 11) is 0. The summed E-state index contributed by atoms with van der Waals surface area (Å²) in [5, 5.41) is 0. The van der Waals surface area contributed by atoms with E-state index in [9.17, 15) is 21.7 Å². The molecular weight excluding hydrogens is 259 g/mol. The number of ether oxygens (including phenoxy) is 1. The van der Waals surface area contributed by atoms with Crippen LogP contribution in [-0.4, -0.2) is 18.6 Å². The molecule has 1 aromatic heterocycles. The van der Waals surface area contributed by atoms with Crippen molar-refractivity contribution in [2.24, 2.45) is 0 Å². The van der Waals surface area contributed by atoms with Crippen LogP contribution in [0.4, 0.5) is 21.7 Å². The van der Waals surface area contributed by atoms with E-state index in [-0.39, 0.29) is 56.9 Å². The predicted molar refractivity (Wildman–Crippen MR) is 44.3 cm³/mol. The van der Waals surface area contributed by atoms with Gasteiger partial charge in [-0.15, -0.1) is 0 Å². The average Bonchev–Trinajstić information content (AvgIpc) is 2.05. The monoisotopic (exact) mass is 265 g/mol. The van der Waals surface area contributed by atoms with Gasteiger partial charge in [0.2, 0.25) is 5.88 Å². The third kappa shape index (κ3) is 4.66. The molecule has 2 nitrogen and oxygen atoms in total. The van der Waals surface area contributed by atoms with Crippen molar-refractivity contribution in [3.63, 3.8) is 0 Å². The molecule has 1 aromatic rings. The molecule has 0 unspecified atom stereocenters. The Bertz CT molecular complexity index is 359. The smallest absolute Gasteiger partial charge is 0.445 e. The number of nitrogens with zero attached hydrogens (tertiary/aromatic N) is 1. The number of halogens is 5. The topological polar surface area (TPSA) is 22.1 Å². The van der Waals surface area contributed by atoms with E-state index < -0.39 is 24.9 Å². The van der Waals surface area contributed by atoms with Crippen LogP contribution in [0, 0.1) is 6.92 Å². The van der Waals surface area contributed by atoms with Crippen LogP contribution >= 0.6 is 0 Å². The van der Waals surface area contributed by atoms with Gasteiger partial charge in [0.25, 0.3) is 0 Å². The van der Waals surface area contributed by atoms with E-state index >= 15 is 0 Å². The zero-order valence-electron chi connectivity index (χ0n) is 8.55. The Balaban J connectivity index is 0.00000225. The van der Waals surface area contributed by atoms with Crippen LogP contribution in [0.2, 0.25) is 0 Å². The quantitative estimate of drug-likeness (QED) is 0.519. The molecule has 0 saturated carbocycles. The fraction of sp³-hybridized carbons (Fsp3) is 0.286. The maximum Gasteiger partial charge on any atom is 1.00 e. The van der Waals surface area contributed by atoms with Crippen molar-refractivity contribution in [1.29, 1.82) is 0 Å². The Morgan fingerprint density at radius 3 is 2.25 bits per heavy atom. The van der Waals surface area contributed by atoms with Gasteiger partial charge in [-0.2, -0.15) is 8.78 Å². The Kier molecular flexibility index (Phi) is 6.41. The van der Waals surface area contributed by atoms with Crippen LogP contribution in [-0.2, 0) is 0 Å². The summed E-state index contributed by atoms with van der Waals surface area (Å²) in [6, 6.07) is 0.727. The first-order chi connectivity index (χ1) is 6.80. The molecule has 1 rings (SSSR count). The minimum atomic E-state index is -5.17. The van der Waals surface area contributed by atoms with Gasteiger partial charge in [-0.05, 0) is 6.92 Å². The number of alkyl halides is 2. The molecule has 16 heavy (non-hydrogen) atoms. The maximum absolute atomic E-state index is 12.2. The van der Waals surface area contributed by atoms with E-state index in [4.69, 9.17) is 0 Å². The van der Waals surface area contributed by atoms with Crippen molar-refractivity contribution in [2.45, 2.75) is 13.5 Å². The minimum absolute atomic E-state index is 0. The third-order valence-electron chi connectivity index (χ3n) is 1.63. The Morgan fingerprint density at radius 1 is 1.31 bits per heavy atom. The summed E-state index contributed by atoms with van der Waals surface area (Å²) in [5.74, 6) is -0.492. The van der Waals surface area contributed by atoms with Gasteiger partial charge in [0.05, 0.1) is 0 Å². The van der Waals surface area contributed by atoms with Gasteiger partial charge >= 0.3 is 65.0 Å². The molecule has 0 aliphatic rings. The van der Waals surface area contributed by atoms with Crippen molar-refractivity contribution >= 4 is 12.4 Å². The summed E-state index contributed by atoms with van der Waals surface area (Å²) >= 11 is 0. The normalized spacial score (nSPS) is 11.2. The molecule has 0 radical (unpaired) electrons. The standard InChI is InChI=1S/C7H6BF5NO.K/c1-4-2-5(8(11,12)13)3-14-6(4)15-7(9)10;/h2-3,7H,1H3;/q-1;+1. The van der Waals surface area contributed by atoms with Crippen molar-refractivity contribution in [2.75, 3.05) is 0 Å². The van der Waals surface area contributed by atoms with Crippen molar-refractivity contribution in [1.82, 2.24) is 4.98 Å². The number of pyridine rings is 1. The number of hydrogen-bond acceptors (Lipinski definition) is 2. The van der Waals surface area contributed by atoms with Gasteiger partial charge < -0.3 is 17.7 Å². The van der Waals surface area contributed by atoms with Crippen LogP contribution in [0.25, 0.3) is 0 Å². The second kappa shape index (κ2) is 6.29. The molecule has 0 aromatic carbocycles. The molecule has 84 valence electrons. The molecule has 0 saturated heterocycles. The number of rotatable bonds is 3. The molecule has 0 aliphatic carbocycles. The van der Waals surface area contributed by atoms with Gasteiger partial charge in [0.1, 0.15) is 0 Å². The van der Waals surface area contributed by atoms with E-state index in [1.165, 1.54) is 6.92 Å². The fourth-order valence-electron chi connectivity index (χ4n) is 0.971. The first-order valence-electron chi connectivity index (χ1n) is 3.92. The van der Waals surface area contributed by atoms with Crippen LogP contribution < -0.4 is 61.6 Å². The molecule has 0 N–H and O–H groups in total. The van der Waals surface area contributed by atoms with E-state index in [0.29, 0.717) is 6.20 Å². The molecule has 0 spiro atoms. The largest absolute Gasteiger partial charge is 1.00 e. The Morgan fingerprint density at radius 2 is 1.88 bits per heavy atom. The molecule has 0 atom stereocenters. The third-order valence-corrected chi connectivity index (χ3v) is 1.63. The van der Waals surface area contributed by atoms with Crippen LogP contribution in [0.1, 0.15) is 5.56 Å². The number of hydrogen-bond donors (Lipinski definition) is 0. The zero-order chi connectivity index (χ0) is 11.6. The predicted octanol–water partition coefficient (Wildman–Crippen LogP) is -0.950. The zero-order valence-corrected chi connectivity index (χ0v) is 11.7. The maximum atomic E-state index is 12.2. The molecule has 0 fully saturated rings. The summed E-state index contributed by atoms with van der Waals surface area (Å²) < 4.78 is 64.0. The molecule has 9 heteroatoms. The van der Waals surface area contributed by atoms with E-state index in [0.717, 1.165) is 6.07 Å². The first-order valence-corrected chi connectivity index (χ1v) is 3.92. The van der Waals surface area contributed by atoms with Gasteiger partial charge in [-0.3, -0.25) is 0 Å². The first kappa shape index (κ1) is 16.3. The second-order valence-corrected chi connectivity index (χ2v) is 2.84. The molecule has 0 aliphatic heterocycles. The van der Waals surface area contributed by atoms with Gasteiger partial charge in [-0.1, -0.05) is 11.5 Å². The summed E-state index contributed by atoms with van der Waals surface area (Å²) in [6.07, 6.45) is 0.477. The SMILES string of the molecule is Cc1cc([B-](F)(F)F)cnc1OC(F)F.[K+]. The summed E-state index contributed by atoms with van der Waals surface area (Å²) in [6.45, 7) is -7.05. The van der Waals surface area contributed by atoms with Gasteiger partial charge in [-0.25, -0.2) is 4.98 Å². The molecular formula is C7H6BF5KNO. The fourth-order valence-corrected chi connectivity index (χ4v) is 0.971. The Hall–Kier alpha value is 0.301. The summed E-state index contributed by atoms with van der Waals surface area (Å²) in [5.41, 5.74) is -1.01. The molecule has 1 heterocycles. The minimum Gasteiger partial charge on any atom is -0.445 e. The number of aryl methyl sites for hydroxylation is 1. The van der Waals surface area contributed by atoms with Gasteiger partial charge in [0.15, 0.2) is 0 Å². The number of aromatic nitrogens is 1. The van der Waals surface area contributed by atoms with Crippen LogP contribution in [0.3, 0.4) is 0 Å². The summed E-state index contributed by atoms with van der Waals surface area (Å²) in [4.78, 5) is 3.18. The van der Waals surface area contributed by atoms with E-state index in [2.05, 4.69) is 9.72 Å².